The number of hydrogen-bond acceptors (Lipinski definition) is 0. The summed E-state index contributed by atoms with van der Waals surface area (Å²) in [5, 5.41) is 0. The molecule has 0 unspecified atom stereocenters. The van der Waals surface area contributed by atoms with Crippen LogP contribution in [0.15, 0.2) is 240 Å². The highest BCUT2D eigenvalue weighted by atomic mass is 14.2. The molecule has 0 aromatic heterocycles. The Morgan fingerprint density at radius 3 is 0.907 bits per heavy atom. The van der Waals surface area contributed by atoms with Crippen LogP contribution < -0.4 is 0 Å². The largest absolute Gasteiger partial charge is 0.115 e. The van der Waals surface area contributed by atoms with E-state index in [1.54, 1.807) is 0 Å². The van der Waals surface area contributed by atoms with Gasteiger partial charge >= 0.3 is 0 Å². The van der Waals surface area contributed by atoms with Crippen LogP contribution in [0.2, 0.25) is 0 Å². The van der Waals surface area contributed by atoms with Crippen LogP contribution >= 0.6 is 0 Å². The Balaban J connectivity index is 3.29. The predicted octanol–water partition coefficient (Wildman–Crippen LogP) is 14.6. The lowest BCUT2D eigenvalue weighted by Gasteiger charge is -2.24. The van der Waals surface area contributed by atoms with Crippen LogP contribution in [0.25, 0.3) is 11.1 Å². The van der Waals surface area contributed by atoms with Crippen molar-refractivity contribution < 1.29 is 0 Å². The molecular weight excluding hydrogens is 646 g/mol. The molecule has 2 heteroatoms. The average Bonchev–Trinajstić information content (AvgIpc) is 3.20. The second kappa shape index (κ2) is 24.6. The highest BCUT2D eigenvalue weighted by Gasteiger charge is 2.22. The van der Waals surface area contributed by atoms with Gasteiger partial charge < -0.3 is 0 Å². The lowest BCUT2D eigenvalue weighted by atomic mass is 9.30. The predicted molar refractivity (Wildman–Crippen MR) is 247 cm³/mol. The van der Waals surface area contributed by atoms with Crippen LogP contribution in [0.5, 0.6) is 0 Å². The summed E-state index contributed by atoms with van der Waals surface area (Å²) in [6, 6.07) is 21.2. The molecule has 0 fully saturated rings. The van der Waals surface area contributed by atoms with Gasteiger partial charge in [-0.3, -0.25) is 0 Å². The number of rotatable bonds is 19. The van der Waals surface area contributed by atoms with E-state index in [-0.39, 0.29) is 0 Å². The molecular formula is C52H58B2. The first-order valence-electron chi connectivity index (χ1n) is 18.7. The summed E-state index contributed by atoms with van der Waals surface area (Å²) in [5.74, 6) is 0. The first-order chi connectivity index (χ1) is 26.2. The molecule has 2 radical (unpaired) electrons. The summed E-state index contributed by atoms with van der Waals surface area (Å²) in [4.78, 5) is 0. The van der Waals surface area contributed by atoms with Crippen molar-refractivity contribution in [2.75, 3.05) is 0 Å². The van der Waals surface area contributed by atoms with E-state index < -0.39 is 0 Å². The van der Waals surface area contributed by atoms with E-state index in [1.807, 2.05) is 76.3 Å². The lowest BCUT2D eigenvalue weighted by Crippen LogP contribution is -2.18. The molecule has 0 nitrogen and oxygen atoms in total. The van der Waals surface area contributed by atoms with Crippen LogP contribution in [0.1, 0.15) is 66.5 Å². The fraction of sp³-hybridized carbons (Fsp3) is 0.154. The van der Waals surface area contributed by atoms with Crippen molar-refractivity contribution in [1.82, 2.24) is 0 Å². The van der Waals surface area contributed by atoms with Crippen LogP contribution in [0, 0.1) is 0 Å². The lowest BCUT2D eigenvalue weighted by molar-refractivity contribution is 1.37. The molecule has 54 heavy (non-hydrogen) atoms. The Hall–Kier alpha value is -5.59. The molecule has 2 rings (SSSR count). The molecule has 0 N–H and O–H groups in total. The Morgan fingerprint density at radius 1 is 0.407 bits per heavy atom. The first-order valence-corrected chi connectivity index (χ1v) is 18.7. The van der Waals surface area contributed by atoms with Gasteiger partial charge in [0, 0.05) is 0 Å². The molecule has 2 aromatic rings. The Kier molecular flexibility index (Phi) is 20.3. The number of allylic oxidation sites excluding steroid dienone is 28. The van der Waals surface area contributed by atoms with Gasteiger partial charge in [0.2, 0.25) is 0 Å². The molecule has 0 amide bonds. The van der Waals surface area contributed by atoms with Crippen molar-refractivity contribution in [2.45, 2.75) is 55.4 Å². The highest BCUT2D eigenvalue weighted by molar-refractivity contribution is 7.09. The summed E-state index contributed by atoms with van der Waals surface area (Å²) in [6.07, 6.45) is 32.6. The van der Waals surface area contributed by atoms with Crippen molar-refractivity contribution in [3.05, 3.63) is 251 Å². The van der Waals surface area contributed by atoms with E-state index in [1.165, 1.54) is 0 Å². The minimum atomic E-state index is 1.03. The van der Waals surface area contributed by atoms with Crippen LogP contribution in [-0.4, -0.2) is 14.3 Å². The maximum absolute atomic E-state index is 4.24. The zero-order valence-electron chi connectivity index (χ0n) is 34.0. The van der Waals surface area contributed by atoms with Crippen molar-refractivity contribution >= 4 is 25.5 Å². The third-order valence-corrected chi connectivity index (χ3v) is 9.12. The van der Waals surface area contributed by atoms with E-state index in [4.69, 9.17) is 0 Å². The second-order valence-electron chi connectivity index (χ2n) is 12.6. The minimum absolute atomic E-state index is 1.03. The quantitative estimate of drug-likeness (QED) is 0.101. The van der Waals surface area contributed by atoms with Gasteiger partial charge in [0.1, 0.15) is 14.3 Å². The Labute approximate surface area is 330 Å². The number of hydrogen-bond donors (Lipinski definition) is 0. The monoisotopic (exact) mass is 704 g/mol. The molecule has 0 saturated heterocycles. The van der Waals surface area contributed by atoms with E-state index >= 15 is 0 Å². The summed E-state index contributed by atoms with van der Waals surface area (Å²) >= 11 is 0. The average molecular weight is 705 g/mol. The highest BCUT2D eigenvalue weighted by Crippen LogP contribution is 2.37. The van der Waals surface area contributed by atoms with Gasteiger partial charge in [0.05, 0.1) is 0 Å². The van der Waals surface area contributed by atoms with E-state index in [2.05, 4.69) is 178 Å². The van der Waals surface area contributed by atoms with Gasteiger partial charge in [-0.2, -0.15) is 0 Å². The molecule has 0 heterocycles. The summed E-state index contributed by atoms with van der Waals surface area (Å²) in [7, 11) is 4.55. The third kappa shape index (κ3) is 12.5. The van der Waals surface area contributed by atoms with Crippen LogP contribution in [0.3, 0.4) is 0 Å². The van der Waals surface area contributed by atoms with Gasteiger partial charge in [-0.1, -0.05) is 206 Å². The van der Waals surface area contributed by atoms with Gasteiger partial charge in [-0.25, -0.2) is 0 Å². The van der Waals surface area contributed by atoms with Gasteiger partial charge in [0.15, 0.2) is 0 Å². The number of benzene rings is 2. The summed E-state index contributed by atoms with van der Waals surface area (Å²) in [6.45, 7) is 33.8. The maximum Gasteiger partial charge on any atom is 0.115 e. The molecule has 0 aliphatic heterocycles. The minimum Gasteiger partial charge on any atom is -0.0985 e. The molecule has 2 aromatic carbocycles. The molecule has 0 aliphatic carbocycles. The van der Waals surface area contributed by atoms with Crippen LogP contribution in [0.4, 0.5) is 0 Å². The molecule has 0 spiro atoms. The summed E-state index contributed by atoms with van der Waals surface area (Å²) in [5.41, 5.74) is 15.2. The Morgan fingerprint density at radius 2 is 0.667 bits per heavy atom. The van der Waals surface area contributed by atoms with E-state index in [9.17, 15) is 0 Å². The zero-order chi connectivity index (χ0) is 39.9. The van der Waals surface area contributed by atoms with E-state index in [0.717, 1.165) is 77.8 Å². The van der Waals surface area contributed by atoms with E-state index in [0.29, 0.717) is 0 Å². The standard InChI is InChI=1S/C52H58B2/c1-13-21-31-43(17-5)39(9)49(47-35-27-25-28-36-47)51(41(11)45(19-7)33-23-15-3)53-54-52(42(12)46(20-8)34-24-16-4)50(48-37-29-26-30-38-48)40(10)44(18-6)32-22-14-2/h13-38H,5-8H2,1-4,9-12H3/b21-13-,22-14-,23-15-,24-16-,43-31+,44-32+,45-33+,46-34+,49-39+,50-40+,51-41-,52-42-. The fourth-order valence-corrected chi connectivity index (χ4v) is 6.10. The van der Waals surface area contributed by atoms with Crippen molar-refractivity contribution in [3.63, 3.8) is 0 Å². The SMILES string of the molecule is C=CC(=C\C=C/C)/C(C)=C(/C([B][B]C(/C(=C(C)/C(C=C)=C/C=C\C)c1ccccc1)=C(C)\C(C=C)=C\C=C/C)=C(C)/C(C=C)=C/C=C\C)c1ccccc1. The van der Waals surface area contributed by atoms with Crippen molar-refractivity contribution in [1.29, 1.82) is 0 Å². The molecule has 272 valence electrons. The van der Waals surface area contributed by atoms with Gasteiger partial charge in [0.25, 0.3) is 0 Å². The van der Waals surface area contributed by atoms with Gasteiger partial charge in [-0.05, 0) is 111 Å². The maximum atomic E-state index is 4.24. The molecule has 0 atom stereocenters. The molecule has 0 saturated carbocycles. The second-order valence-corrected chi connectivity index (χ2v) is 12.6. The molecule has 0 aliphatic rings. The van der Waals surface area contributed by atoms with Crippen molar-refractivity contribution in [3.8, 4) is 0 Å². The smallest absolute Gasteiger partial charge is 0.0985 e. The fourth-order valence-electron chi connectivity index (χ4n) is 6.10. The normalized spacial score (nSPS) is 15.2. The topological polar surface area (TPSA) is 0 Å². The van der Waals surface area contributed by atoms with Gasteiger partial charge in [-0.15, -0.1) is 0 Å². The zero-order valence-corrected chi connectivity index (χ0v) is 34.0. The first kappa shape index (κ1) is 44.6. The summed E-state index contributed by atoms with van der Waals surface area (Å²) < 4.78 is 0. The van der Waals surface area contributed by atoms with Crippen LogP contribution in [-0.2, 0) is 0 Å². The Bertz CT molecular complexity index is 1850. The van der Waals surface area contributed by atoms with Crippen molar-refractivity contribution in [2.24, 2.45) is 0 Å². The molecule has 0 bridgehead atoms. The third-order valence-electron chi connectivity index (χ3n) is 9.12.